The third kappa shape index (κ3) is 4.09. The topological polar surface area (TPSA) is 89.9 Å². The van der Waals surface area contributed by atoms with Crippen molar-refractivity contribution in [3.05, 3.63) is 60.1 Å². The summed E-state index contributed by atoms with van der Waals surface area (Å²) in [6.45, 7) is 4.83. The highest BCUT2D eigenvalue weighted by Gasteiger charge is 2.16. The Kier molecular flexibility index (Phi) is 5.22. The average molecular weight is 276 g/mol. The quantitative estimate of drug-likeness (QED) is 0.503. The van der Waals surface area contributed by atoms with Crippen LogP contribution in [0.1, 0.15) is 27.6 Å². The maximum absolute atomic E-state index is 11.7. The molecule has 0 aliphatic carbocycles. The van der Waals surface area contributed by atoms with Crippen molar-refractivity contribution in [2.75, 3.05) is 0 Å². The number of carbonyl (C=O) groups excluding carboxylic acids is 2. The Morgan fingerprint density at radius 2 is 1.65 bits per heavy atom. The predicted molar refractivity (Wildman–Crippen MR) is 68.9 cm³/mol. The van der Waals surface area contributed by atoms with Crippen LogP contribution in [0.3, 0.4) is 0 Å². The van der Waals surface area contributed by atoms with Crippen LogP contribution in [0.4, 0.5) is 0 Å². The third-order valence-corrected chi connectivity index (χ3v) is 2.13. The second-order valence-electron chi connectivity index (χ2n) is 3.71. The number of rotatable bonds is 5. The minimum absolute atomic E-state index is 0.101. The number of hydrogen-bond donors (Lipinski definition) is 1. The van der Waals surface area contributed by atoms with Crippen LogP contribution >= 0.6 is 0 Å². The van der Waals surface area contributed by atoms with Crippen LogP contribution in [-0.2, 0) is 14.3 Å². The normalized spacial score (nSPS) is 10.1. The zero-order chi connectivity index (χ0) is 15.1. The van der Waals surface area contributed by atoms with Crippen molar-refractivity contribution < 1.29 is 29.0 Å². The van der Waals surface area contributed by atoms with E-state index in [2.05, 4.69) is 16.1 Å². The van der Waals surface area contributed by atoms with Crippen LogP contribution in [-0.4, -0.2) is 23.0 Å². The van der Waals surface area contributed by atoms with Crippen molar-refractivity contribution in [2.45, 2.75) is 6.92 Å². The molecule has 1 aromatic rings. The van der Waals surface area contributed by atoms with Crippen molar-refractivity contribution in [2.24, 2.45) is 0 Å². The summed E-state index contributed by atoms with van der Waals surface area (Å²) in [6, 6.07) is 5.60. The molecular weight excluding hydrogens is 264 g/mol. The second kappa shape index (κ2) is 6.89. The largest absolute Gasteiger partial charge is 0.478 e. The summed E-state index contributed by atoms with van der Waals surface area (Å²) in [5.41, 5.74) is -0.0853. The van der Waals surface area contributed by atoms with Crippen LogP contribution in [0.15, 0.2) is 48.9 Å². The van der Waals surface area contributed by atoms with E-state index in [1.54, 1.807) is 0 Å². The molecule has 0 radical (unpaired) electrons. The lowest BCUT2D eigenvalue weighted by molar-refractivity contribution is -0.133. The molecule has 6 nitrogen and oxygen atoms in total. The fourth-order valence-corrected chi connectivity index (χ4v) is 1.19. The number of esters is 2. The number of ether oxygens (including phenoxy) is 2. The van der Waals surface area contributed by atoms with E-state index in [4.69, 9.17) is 5.11 Å². The Labute approximate surface area is 114 Å². The first-order chi connectivity index (χ1) is 9.43. The number of carboxylic acids is 1. The molecule has 0 spiro atoms. The van der Waals surface area contributed by atoms with Crippen molar-refractivity contribution in [1.82, 2.24) is 0 Å². The summed E-state index contributed by atoms with van der Waals surface area (Å²) in [6.07, 6.45) is 1.72. The van der Waals surface area contributed by atoms with Crippen molar-refractivity contribution in [3.63, 3.8) is 0 Å². The molecule has 0 amide bonds. The molecular formula is C14H12O6. The molecule has 0 heterocycles. The number of carbonyl (C=O) groups is 3. The van der Waals surface area contributed by atoms with Crippen molar-refractivity contribution in [1.29, 1.82) is 0 Å². The van der Waals surface area contributed by atoms with Gasteiger partial charge in [-0.05, 0) is 19.1 Å². The van der Waals surface area contributed by atoms with Gasteiger partial charge in [-0.25, -0.2) is 14.4 Å². The molecule has 0 unspecified atom stereocenters. The smallest absolute Gasteiger partial charge is 0.343 e. The average Bonchev–Trinajstić information content (AvgIpc) is 2.42. The molecule has 0 aliphatic heterocycles. The lowest BCUT2D eigenvalue weighted by Crippen LogP contribution is -2.09. The number of aromatic carboxylic acids is 1. The molecule has 0 fully saturated rings. The third-order valence-electron chi connectivity index (χ3n) is 2.13. The second-order valence-corrected chi connectivity index (χ2v) is 3.71. The first-order valence-electron chi connectivity index (χ1n) is 5.48. The van der Waals surface area contributed by atoms with Crippen LogP contribution in [0.5, 0.6) is 0 Å². The Morgan fingerprint density at radius 1 is 1.10 bits per heavy atom. The van der Waals surface area contributed by atoms with Gasteiger partial charge in [0, 0.05) is 5.57 Å². The Hall–Kier alpha value is -2.89. The van der Waals surface area contributed by atoms with Gasteiger partial charge in [-0.15, -0.1) is 0 Å². The van der Waals surface area contributed by atoms with Gasteiger partial charge in [0.25, 0.3) is 0 Å². The highest BCUT2D eigenvalue weighted by Crippen LogP contribution is 2.10. The van der Waals surface area contributed by atoms with E-state index in [0.717, 1.165) is 12.5 Å². The minimum atomic E-state index is -1.24. The monoisotopic (exact) mass is 276 g/mol. The molecule has 0 aromatic heterocycles. The molecule has 0 aliphatic rings. The number of benzene rings is 1. The Morgan fingerprint density at radius 3 is 2.20 bits per heavy atom. The van der Waals surface area contributed by atoms with Crippen LogP contribution in [0.2, 0.25) is 0 Å². The molecule has 1 N–H and O–H groups in total. The van der Waals surface area contributed by atoms with E-state index in [1.807, 2.05) is 0 Å². The fourth-order valence-electron chi connectivity index (χ4n) is 1.19. The van der Waals surface area contributed by atoms with Gasteiger partial charge in [0.15, 0.2) is 0 Å². The Bertz CT molecular complexity index is 585. The highest BCUT2D eigenvalue weighted by atomic mass is 16.6. The van der Waals surface area contributed by atoms with Crippen LogP contribution in [0, 0.1) is 0 Å². The fraction of sp³-hybridized carbons (Fsp3) is 0.0714. The lowest BCUT2D eigenvalue weighted by Gasteiger charge is -2.03. The number of hydrogen-bond acceptors (Lipinski definition) is 5. The van der Waals surface area contributed by atoms with Gasteiger partial charge in [0.1, 0.15) is 12.5 Å². The highest BCUT2D eigenvalue weighted by molar-refractivity contribution is 6.02. The predicted octanol–water partition coefficient (Wildman–Crippen LogP) is 2.13. The molecule has 0 atom stereocenters. The summed E-state index contributed by atoms with van der Waals surface area (Å²) in [5.74, 6) is -2.77. The summed E-state index contributed by atoms with van der Waals surface area (Å²) in [4.78, 5) is 33.6. The van der Waals surface area contributed by atoms with Crippen LogP contribution in [0.25, 0.3) is 0 Å². The number of carboxylic acid groups (broad SMARTS) is 1. The van der Waals surface area contributed by atoms with E-state index in [9.17, 15) is 14.4 Å². The lowest BCUT2D eigenvalue weighted by atomic mass is 10.1. The van der Waals surface area contributed by atoms with E-state index in [0.29, 0.717) is 0 Å². The molecule has 20 heavy (non-hydrogen) atoms. The molecule has 104 valence electrons. The Balaban J connectivity index is 2.69. The van der Waals surface area contributed by atoms with Gasteiger partial charge in [-0.3, -0.25) is 0 Å². The zero-order valence-electron chi connectivity index (χ0n) is 10.7. The minimum Gasteiger partial charge on any atom is -0.478 e. The van der Waals surface area contributed by atoms with E-state index in [-0.39, 0.29) is 16.7 Å². The van der Waals surface area contributed by atoms with Gasteiger partial charge >= 0.3 is 17.9 Å². The standard InChI is InChI=1S/C14H12O6/c1-9(2)13(17)19-7-8-20-14(18)11-6-4-3-5-10(11)12(15)16/h3-8H,1H2,2H3,(H,15,16)/b8-7+. The summed E-state index contributed by atoms with van der Waals surface area (Å²) in [5, 5.41) is 8.92. The van der Waals surface area contributed by atoms with E-state index < -0.39 is 17.9 Å². The molecule has 0 bridgehead atoms. The molecule has 1 rings (SSSR count). The zero-order valence-corrected chi connectivity index (χ0v) is 10.7. The van der Waals surface area contributed by atoms with Crippen molar-refractivity contribution in [3.8, 4) is 0 Å². The first-order valence-corrected chi connectivity index (χ1v) is 5.48. The molecule has 6 heteroatoms. The van der Waals surface area contributed by atoms with Gasteiger partial charge in [0.2, 0.25) is 0 Å². The van der Waals surface area contributed by atoms with Gasteiger partial charge in [0.05, 0.1) is 11.1 Å². The molecule has 0 saturated heterocycles. The summed E-state index contributed by atoms with van der Waals surface area (Å²) < 4.78 is 9.21. The summed E-state index contributed by atoms with van der Waals surface area (Å²) in [7, 11) is 0. The maximum atomic E-state index is 11.7. The SMILES string of the molecule is C=C(C)C(=O)O/C=C/OC(=O)c1ccccc1C(=O)O. The van der Waals surface area contributed by atoms with Crippen molar-refractivity contribution >= 4 is 17.9 Å². The van der Waals surface area contributed by atoms with E-state index >= 15 is 0 Å². The summed E-state index contributed by atoms with van der Waals surface area (Å²) >= 11 is 0. The first kappa shape index (κ1) is 15.2. The van der Waals surface area contributed by atoms with Gasteiger partial charge in [-0.1, -0.05) is 18.7 Å². The van der Waals surface area contributed by atoms with Crippen LogP contribution < -0.4 is 0 Å². The van der Waals surface area contributed by atoms with E-state index in [1.165, 1.54) is 31.2 Å². The van der Waals surface area contributed by atoms with Gasteiger partial charge in [-0.2, -0.15) is 0 Å². The molecule has 0 saturated carbocycles. The maximum Gasteiger partial charge on any atom is 0.343 e. The van der Waals surface area contributed by atoms with Gasteiger partial charge < -0.3 is 14.6 Å². The molecule has 1 aromatic carbocycles.